The maximum absolute atomic E-state index is 13.1. The lowest BCUT2D eigenvalue weighted by molar-refractivity contribution is 0.0938. The van der Waals surface area contributed by atoms with Crippen LogP contribution in [-0.4, -0.2) is 16.9 Å². The molecule has 0 spiro atoms. The highest BCUT2D eigenvalue weighted by Gasteiger charge is 2.24. The number of carbonyl (C=O) groups excluding carboxylic acids is 1. The van der Waals surface area contributed by atoms with Gasteiger partial charge in [0.05, 0.1) is 11.8 Å². The molecule has 0 unspecified atom stereocenters. The first-order valence-electron chi connectivity index (χ1n) is 6.32. The number of nitrogens with one attached hydrogen (secondary N) is 1. The van der Waals surface area contributed by atoms with Gasteiger partial charge in [0, 0.05) is 6.04 Å². The minimum Gasteiger partial charge on any atom is -0.349 e. The molecular formula is C15H12ClFN2O. The molecule has 3 rings (SSSR count). The van der Waals surface area contributed by atoms with E-state index in [1.165, 1.54) is 11.1 Å². The first-order chi connectivity index (χ1) is 9.63. The highest BCUT2D eigenvalue weighted by Crippen LogP contribution is 2.22. The fourth-order valence-corrected chi connectivity index (χ4v) is 2.70. The summed E-state index contributed by atoms with van der Waals surface area (Å²) in [5, 5.41) is 2.89. The quantitative estimate of drug-likeness (QED) is 0.864. The molecule has 1 aliphatic rings. The van der Waals surface area contributed by atoms with E-state index in [-0.39, 0.29) is 22.7 Å². The SMILES string of the molecule is O=C(NC1Cc2ccccc2C1)c1cc(F)cnc1Cl. The Morgan fingerprint density at radius 2 is 1.95 bits per heavy atom. The predicted molar refractivity (Wildman–Crippen MR) is 74.3 cm³/mol. The summed E-state index contributed by atoms with van der Waals surface area (Å²) in [7, 11) is 0. The van der Waals surface area contributed by atoms with Crippen molar-refractivity contribution in [1.82, 2.24) is 10.3 Å². The maximum Gasteiger partial charge on any atom is 0.254 e. The van der Waals surface area contributed by atoms with Crippen LogP contribution in [0.1, 0.15) is 21.5 Å². The number of fused-ring (bicyclic) bond motifs is 1. The van der Waals surface area contributed by atoms with Gasteiger partial charge in [0.2, 0.25) is 0 Å². The number of halogens is 2. The number of aromatic nitrogens is 1. The Morgan fingerprint density at radius 3 is 2.60 bits per heavy atom. The molecule has 1 aromatic carbocycles. The number of carbonyl (C=O) groups is 1. The average molecular weight is 291 g/mol. The molecule has 102 valence electrons. The van der Waals surface area contributed by atoms with Gasteiger partial charge in [-0.3, -0.25) is 4.79 Å². The molecule has 1 aromatic heterocycles. The first-order valence-corrected chi connectivity index (χ1v) is 6.70. The number of benzene rings is 1. The Hall–Kier alpha value is -1.94. The topological polar surface area (TPSA) is 42.0 Å². The van der Waals surface area contributed by atoms with Crippen molar-refractivity contribution in [2.24, 2.45) is 0 Å². The Morgan fingerprint density at radius 1 is 1.30 bits per heavy atom. The van der Waals surface area contributed by atoms with Crippen LogP contribution in [0.5, 0.6) is 0 Å². The van der Waals surface area contributed by atoms with Crippen LogP contribution < -0.4 is 5.32 Å². The Balaban J connectivity index is 1.74. The Kier molecular flexibility index (Phi) is 3.40. The van der Waals surface area contributed by atoms with Crippen molar-refractivity contribution in [3.8, 4) is 0 Å². The van der Waals surface area contributed by atoms with E-state index in [1.807, 2.05) is 12.1 Å². The second-order valence-corrected chi connectivity index (χ2v) is 5.20. The summed E-state index contributed by atoms with van der Waals surface area (Å²) < 4.78 is 13.1. The number of hydrogen-bond donors (Lipinski definition) is 1. The molecule has 0 saturated carbocycles. The van der Waals surface area contributed by atoms with Gasteiger partial charge in [0.15, 0.2) is 0 Å². The summed E-state index contributed by atoms with van der Waals surface area (Å²) in [4.78, 5) is 15.8. The molecule has 2 aromatic rings. The number of nitrogens with zero attached hydrogens (tertiary/aromatic N) is 1. The van der Waals surface area contributed by atoms with Crippen LogP contribution in [0.2, 0.25) is 5.15 Å². The molecule has 0 aliphatic heterocycles. The molecular weight excluding hydrogens is 279 g/mol. The molecule has 1 amide bonds. The number of pyridine rings is 1. The van der Waals surface area contributed by atoms with E-state index in [0.29, 0.717) is 0 Å². The van der Waals surface area contributed by atoms with Crippen LogP contribution in [0, 0.1) is 5.82 Å². The zero-order valence-electron chi connectivity index (χ0n) is 10.6. The highest BCUT2D eigenvalue weighted by molar-refractivity contribution is 6.32. The second-order valence-electron chi connectivity index (χ2n) is 4.84. The summed E-state index contributed by atoms with van der Waals surface area (Å²) in [6.45, 7) is 0. The minimum atomic E-state index is -0.575. The fraction of sp³-hybridized carbons (Fsp3) is 0.200. The number of rotatable bonds is 2. The number of hydrogen-bond acceptors (Lipinski definition) is 2. The first kappa shape index (κ1) is 13.1. The standard InChI is InChI=1S/C15H12ClFN2O/c16-14-13(7-11(17)8-18-14)15(20)19-12-5-9-3-1-2-4-10(9)6-12/h1-4,7-8,12H,5-6H2,(H,19,20). The molecule has 0 bridgehead atoms. The van der Waals surface area contributed by atoms with Crippen LogP contribution in [-0.2, 0) is 12.8 Å². The molecule has 0 atom stereocenters. The second kappa shape index (κ2) is 5.21. The van der Waals surface area contributed by atoms with E-state index in [0.717, 1.165) is 25.1 Å². The maximum atomic E-state index is 13.1. The summed E-state index contributed by atoms with van der Waals surface area (Å²) in [5.74, 6) is -0.964. The van der Waals surface area contributed by atoms with Gasteiger partial charge >= 0.3 is 0 Å². The van der Waals surface area contributed by atoms with E-state index in [4.69, 9.17) is 11.6 Å². The lowest BCUT2D eigenvalue weighted by Gasteiger charge is -2.12. The minimum absolute atomic E-state index is 0.0132. The lowest BCUT2D eigenvalue weighted by atomic mass is 10.1. The van der Waals surface area contributed by atoms with Gasteiger partial charge < -0.3 is 5.32 Å². The summed E-state index contributed by atoms with van der Waals surface area (Å²) in [6.07, 6.45) is 2.55. The van der Waals surface area contributed by atoms with Crippen molar-refractivity contribution in [3.05, 3.63) is 64.2 Å². The zero-order chi connectivity index (χ0) is 14.1. The molecule has 0 radical (unpaired) electrons. The van der Waals surface area contributed by atoms with Gasteiger partial charge in [-0.25, -0.2) is 9.37 Å². The summed E-state index contributed by atoms with van der Waals surface area (Å²) in [5.41, 5.74) is 2.55. The van der Waals surface area contributed by atoms with Crippen LogP contribution in [0.25, 0.3) is 0 Å². The average Bonchev–Trinajstić information content (AvgIpc) is 2.83. The summed E-state index contributed by atoms with van der Waals surface area (Å²) >= 11 is 5.83. The third kappa shape index (κ3) is 2.51. The molecule has 3 nitrogen and oxygen atoms in total. The van der Waals surface area contributed by atoms with Crippen LogP contribution >= 0.6 is 11.6 Å². The Bertz CT molecular complexity index is 650. The van der Waals surface area contributed by atoms with Crippen LogP contribution in [0.3, 0.4) is 0 Å². The van der Waals surface area contributed by atoms with Crippen molar-refractivity contribution in [3.63, 3.8) is 0 Å². The largest absolute Gasteiger partial charge is 0.349 e. The molecule has 1 aliphatic carbocycles. The van der Waals surface area contributed by atoms with Gasteiger partial charge in [0.25, 0.3) is 5.91 Å². The van der Waals surface area contributed by atoms with Crippen molar-refractivity contribution in [2.75, 3.05) is 0 Å². The third-order valence-electron chi connectivity index (χ3n) is 3.44. The number of amides is 1. The van der Waals surface area contributed by atoms with Crippen LogP contribution in [0.4, 0.5) is 4.39 Å². The molecule has 0 saturated heterocycles. The lowest BCUT2D eigenvalue weighted by Crippen LogP contribution is -2.35. The van der Waals surface area contributed by atoms with Gasteiger partial charge in [-0.2, -0.15) is 0 Å². The zero-order valence-corrected chi connectivity index (χ0v) is 11.3. The molecule has 1 N–H and O–H groups in total. The third-order valence-corrected chi connectivity index (χ3v) is 3.74. The van der Waals surface area contributed by atoms with E-state index in [2.05, 4.69) is 22.4 Å². The van der Waals surface area contributed by atoms with Gasteiger partial charge in [-0.1, -0.05) is 35.9 Å². The predicted octanol–water partition coefficient (Wildman–Crippen LogP) is 2.77. The van der Waals surface area contributed by atoms with E-state index < -0.39 is 5.82 Å². The van der Waals surface area contributed by atoms with E-state index >= 15 is 0 Å². The highest BCUT2D eigenvalue weighted by atomic mass is 35.5. The van der Waals surface area contributed by atoms with Gasteiger partial charge in [0.1, 0.15) is 11.0 Å². The smallest absolute Gasteiger partial charge is 0.254 e. The molecule has 0 fully saturated rings. The van der Waals surface area contributed by atoms with Crippen molar-refractivity contribution < 1.29 is 9.18 Å². The molecule has 1 heterocycles. The van der Waals surface area contributed by atoms with Crippen LogP contribution in [0.15, 0.2) is 36.5 Å². The summed E-state index contributed by atoms with van der Waals surface area (Å²) in [6, 6.07) is 9.19. The fourth-order valence-electron chi connectivity index (χ4n) is 2.51. The van der Waals surface area contributed by atoms with Crippen molar-refractivity contribution >= 4 is 17.5 Å². The molecule has 20 heavy (non-hydrogen) atoms. The Labute approximate surface area is 120 Å². The van der Waals surface area contributed by atoms with Gasteiger partial charge in [-0.05, 0) is 30.0 Å². The van der Waals surface area contributed by atoms with Crippen molar-refractivity contribution in [2.45, 2.75) is 18.9 Å². The van der Waals surface area contributed by atoms with E-state index in [9.17, 15) is 9.18 Å². The normalized spacial score (nSPS) is 14.1. The van der Waals surface area contributed by atoms with Gasteiger partial charge in [-0.15, -0.1) is 0 Å². The molecule has 5 heteroatoms. The van der Waals surface area contributed by atoms with E-state index in [1.54, 1.807) is 0 Å². The van der Waals surface area contributed by atoms with Crippen molar-refractivity contribution in [1.29, 1.82) is 0 Å². The monoisotopic (exact) mass is 290 g/mol.